The molecule has 2 N–H and O–H groups in total. The van der Waals surface area contributed by atoms with Crippen molar-refractivity contribution in [2.75, 3.05) is 25.1 Å². The van der Waals surface area contributed by atoms with Crippen LogP contribution in [-0.2, 0) is 17.6 Å². The molecule has 8 heteroatoms. The fraction of sp³-hybridized carbons (Fsp3) is 0.600. The Morgan fingerprint density at radius 2 is 2.06 bits per heavy atom. The van der Waals surface area contributed by atoms with Gasteiger partial charge < -0.3 is 19.8 Å². The van der Waals surface area contributed by atoms with Crippen molar-refractivity contribution in [1.29, 1.82) is 0 Å². The number of ether oxygens (including phenoxy) is 1. The van der Waals surface area contributed by atoms with Crippen molar-refractivity contribution in [3.8, 4) is 17.3 Å². The summed E-state index contributed by atoms with van der Waals surface area (Å²) in [5, 5.41) is 20.0. The summed E-state index contributed by atoms with van der Waals surface area (Å²) in [6.07, 6.45) is 7.19. The number of aliphatic hydroxyl groups is 2. The normalized spacial score (nSPS) is 20.0. The Labute approximate surface area is 195 Å². The van der Waals surface area contributed by atoms with E-state index in [-0.39, 0.29) is 31.0 Å². The monoisotopic (exact) mass is 454 g/mol. The van der Waals surface area contributed by atoms with Crippen LogP contribution in [0, 0.1) is 5.92 Å². The number of anilines is 1. The molecule has 178 valence electrons. The van der Waals surface area contributed by atoms with Gasteiger partial charge in [0.05, 0.1) is 18.2 Å². The Hall–Kier alpha value is -2.58. The molecule has 0 unspecified atom stereocenters. The number of carbonyl (C=O) groups excluding carboxylic acids is 1. The molecule has 2 aliphatic carbocycles. The van der Waals surface area contributed by atoms with Gasteiger partial charge in [0.2, 0.25) is 0 Å². The average molecular weight is 455 g/mol. The lowest BCUT2D eigenvalue weighted by atomic mass is 9.99. The van der Waals surface area contributed by atoms with Gasteiger partial charge in [-0.05, 0) is 57.9 Å². The molecule has 2 aromatic rings. The van der Waals surface area contributed by atoms with Gasteiger partial charge in [-0.25, -0.2) is 9.97 Å². The van der Waals surface area contributed by atoms with E-state index in [0.717, 1.165) is 55.6 Å². The minimum absolute atomic E-state index is 0.0772. The molecule has 0 saturated heterocycles. The van der Waals surface area contributed by atoms with Gasteiger partial charge in [-0.3, -0.25) is 9.78 Å². The van der Waals surface area contributed by atoms with E-state index in [2.05, 4.69) is 4.98 Å². The highest BCUT2D eigenvalue weighted by atomic mass is 16.5. The zero-order chi connectivity index (χ0) is 23.6. The van der Waals surface area contributed by atoms with Crippen LogP contribution < -0.4 is 9.64 Å². The molecule has 0 bridgehead atoms. The van der Waals surface area contributed by atoms with Crippen LogP contribution in [-0.4, -0.2) is 62.9 Å². The Balaban J connectivity index is 1.54. The molecule has 4 rings (SSSR count). The molecule has 2 heterocycles. The first-order chi connectivity index (χ1) is 15.7. The predicted molar refractivity (Wildman–Crippen MR) is 125 cm³/mol. The van der Waals surface area contributed by atoms with Crippen molar-refractivity contribution >= 4 is 11.6 Å². The van der Waals surface area contributed by atoms with Crippen LogP contribution in [0.1, 0.15) is 57.2 Å². The molecule has 0 aromatic carbocycles. The quantitative estimate of drug-likeness (QED) is 0.595. The Bertz CT molecular complexity index is 1000. The third-order valence-electron chi connectivity index (χ3n) is 6.35. The van der Waals surface area contributed by atoms with Gasteiger partial charge in [-0.2, -0.15) is 0 Å². The summed E-state index contributed by atoms with van der Waals surface area (Å²) >= 11 is 0. The van der Waals surface area contributed by atoms with Gasteiger partial charge in [0, 0.05) is 37.0 Å². The van der Waals surface area contributed by atoms with Crippen LogP contribution in [0.25, 0.3) is 11.5 Å². The molecular formula is C25H34N4O4. The zero-order valence-corrected chi connectivity index (χ0v) is 19.8. The number of aryl methyl sites for hydroxylation is 1. The minimum atomic E-state index is -0.940. The van der Waals surface area contributed by atoms with E-state index in [1.54, 1.807) is 32.2 Å². The fourth-order valence-electron chi connectivity index (χ4n) is 4.68. The largest absolute Gasteiger partial charge is 0.490 e. The summed E-state index contributed by atoms with van der Waals surface area (Å²) in [5.41, 5.74) is 1.76. The maximum Gasteiger partial charge on any atom is 0.180 e. The fourth-order valence-corrected chi connectivity index (χ4v) is 4.68. The van der Waals surface area contributed by atoms with Gasteiger partial charge in [-0.1, -0.05) is 6.42 Å². The Morgan fingerprint density at radius 1 is 1.24 bits per heavy atom. The second-order valence-corrected chi connectivity index (χ2v) is 9.98. The summed E-state index contributed by atoms with van der Waals surface area (Å²) in [7, 11) is 1.89. The standard InChI is InChI=1S/C25H34N4O4/c1-25(2,32)15-33-18-10-11-26-21(13-18)23-27-20-8-5-7-19(20)24(28-23)29(3)14-17(30)12-16-6-4-9-22(16)31/h10-11,13,16,22,31-32H,4-9,12,14-15H2,1-3H3/t16-,22-/m0/s1. The van der Waals surface area contributed by atoms with Crippen LogP contribution in [0.4, 0.5) is 5.82 Å². The van der Waals surface area contributed by atoms with Crippen LogP contribution in [0.5, 0.6) is 5.75 Å². The number of Topliss-reactive ketones (excluding diaryl/α,β-unsaturated/α-hetero) is 1. The number of carbonyl (C=O) groups is 1. The van der Waals surface area contributed by atoms with E-state index in [0.29, 0.717) is 23.7 Å². The van der Waals surface area contributed by atoms with Crippen molar-refractivity contribution in [3.63, 3.8) is 0 Å². The first-order valence-electron chi connectivity index (χ1n) is 11.8. The van der Waals surface area contributed by atoms with E-state index >= 15 is 0 Å². The van der Waals surface area contributed by atoms with E-state index in [1.165, 1.54) is 0 Å². The van der Waals surface area contributed by atoms with Crippen LogP contribution in [0.15, 0.2) is 18.3 Å². The van der Waals surface area contributed by atoms with Crippen molar-refractivity contribution < 1.29 is 19.7 Å². The number of pyridine rings is 1. The smallest absolute Gasteiger partial charge is 0.180 e. The van der Waals surface area contributed by atoms with Gasteiger partial charge in [0.25, 0.3) is 0 Å². The average Bonchev–Trinajstić information content (AvgIpc) is 3.40. The molecule has 2 aliphatic rings. The molecule has 2 aromatic heterocycles. The van der Waals surface area contributed by atoms with Gasteiger partial charge in [-0.15, -0.1) is 0 Å². The van der Waals surface area contributed by atoms with E-state index in [9.17, 15) is 15.0 Å². The zero-order valence-electron chi connectivity index (χ0n) is 19.8. The second-order valence-electron chi connectivity index (χ2n) is 9.98. The summed E-state index contributed by atoms with van der Waals surface area (Å²) in [4.78, 5) is 28.7. The van der Waals surface area contributed by atoms with Crippen molar-refractivity contribution in [2.24, 2.45) is 5.92 Å². The number of ketones is 1. The lowest BCUT2D eigenvalue weighted by molar-refractivity contribution is -0.119. The van der Waals surface area contributed by atoms with Gasteiger partial charge >= 0.3 is 0 Å². The van der Waals surface area contributed by atoms with Gasteiger partial charge in [0.1, 0.15) is 23.9 Å². The van der Waals surface area contributed by atoms with Crippen molar-refractivity contribution in [1.82, 2.24) is 15.0 Å². The number of likely N-dealkylation sites (N-methyl/N-ethyl adjacent to an activating group) is 1. The van der Waals surface area contributed by atoms with E-state index in [1.807, 2.05) is 11.9 Å². The van der Waals surface area contributed by atoms with Crippen LogP contribution in [0.2, 0.25) is 0 Å². The molecule has 2 atom stereocenters. The van der Waals surface area contributed by atoms with Crippen molar-refractivity contribution in [3.05, 3.63) is 29.6 Å². The minimum Gasteiger partial charge on any atom is -0.490 e. The molecule has 8 nitrogen and oxygen atoms in total. The number of nitrogens with zero attached hydrogens (tertiary/aromatic N) is 4. The van der Waals surface area contributed by atoms with E-state index in [4.69, 9.17) is 14.7 Å². The van der Waals surface area contributed by atoms with Crippen molar-refractivity contribution in [2.45, 2.75) is 70.5 Å². The lowest BCUT2D eigenvalue weighted by Gasteiger charge is -2.22. The molecular weight excluding hydrogens is 420 g/mol. The molecule has 0 amide bonds. The number of aliphatic hydroxyl groups excluding tert-OH is 1. The number of rotatable bonds is 9. The highest BCUT2D eigenvalue weighted by Crippen LogP contribution is 2.32. The molecule has 1 fully saturated rings. The third-order valence-corrected chi connectivity index (χ3v) is 6.35. The highest BCUT2D eigenvalue weighted by Gasteiger charge is 2.28. The predicted octanol–water partition coefficient (Wildman–Crippen LogP) is 2.73. The summed E-state index contributed by atoms with van der Waals surface area (Å²) < 4.78 is 5.71. The summed E-state index contributed by atoms with van der Waals surface area (Å²) in [5.74, 6) is 2.07. The number of aromatic nitrogens is 3. The number of hydrogen-bond acceptors (Lipinski definition) is 8. The molecule has 0 spiro atoms. The molecule has 0 aliphatic heterocycles. The summed E-state index contributed by atoms with van der Waals surface area (Å²) in [6, 6.07) is 3.52. The third kappa shape index (κ3) is 5.86. The van der Waals surface area contributed by atoms with Gasteiger partial charge in [0.15, 0.2) is 11.6 Å². The highest BCUT2D eigenvalue weighted by molar-refractivity contribution is 5.83. The number of fused-ring (bicyclic) bond motifs is 1. The topological polar surface area (TPSA) is 109 Å². The first kappa shape index (κ1) is 23.6. The van der Waals surface area contributed by atoms with Crippen LogP contribution in [0.3, 0.4) is 0 Å². The molecule has 1 saturated carbocycles. The molecule has 0 radical (unpaired) electrons. The Morgan fingerprint density at radius 3 is 2.79 bits per heavy atom. The van der Waals surface area contributed by atoms with E-state index < -0.39 is 5.60 Å². The van der Waals surface area contributed by atoms with Crippen LogP contribution >= 0.6 is 0 Å². The first-order valence-corrected chi connectivity index (χ1v) is 11.8. The lowest BCUT2D eigenvalue weighted by Crippen LogP contribution is -2.30. The second kappa shape index (κ2) is 9.73. The maximum absolute atomic E-state index is 12.7. The summed E-state index contributed by atoms with van der Waals surface area (Å²) in [6.45, 7) is 3.80. The molecule has 33 heavy (non-hydrogen) atoms. The Kier molecular flexibility index (Phi) is 6.95. The number of hydrogen-bond donors (Lipinski definition) is 2. The SMILES string of the molecule is CN(CC(=O)C[C@@H]1CCC[C@@H]1O)c1nc(-c2cc(OCC(C)(C)O)ccn2)nc2c1CCC2. The maximum atomic E-state index is 12.7.